The molecule has 0 bridgehead atoms. The summed E-state index contributed by atoms with van der Waals surface area (Å²) in [6.45, 7) is 2.37. The minimum Gasteiger partial charge on any atom is -0.493 e. The van der Waals surface area contributed by atoms with Crippen molar-refractivity contribution >= 4 is 41.5 Å². The number of aliphatic imine (C=N–C) groups is 1. The van der Waals surface area contributed by atoms with E-state index in [0.29, 0.717) is 60.3 Å². The third-order valence-corrected chi connectivity index (χ3v) is 4.78. The molecule has 0 unspecified atom stereocenters. The molecule has 7 nitrogen and oxygen atoms in total. The summed E-state index contributed by atoms with van der Waals surface area (Å²) >= 11 is 6.30. The molecule has 0 radical (unpaired) electrons. The van der Waals surface area contributed by atoms with Crippen molar-refractivity contribution in [3.63, 3.8) is 0 Å². The average molecular weight is 548 g/mol. The SMILES string of the molecule is CN=C(NCCc1cc(Cl)c2c(c1)OCCO2)NCc1ccc(OC)c(OC)c1.I. The van der Waals surface area contributed by atoms with E-state index in [1.54, 1.807) is 21.3 Å². The van der Waals surface area contributed by atoms with Gasteiger partial charge in [-0.25, -0.2) is 0 Å². The van der Waals surface area contributed by atoms with E-state index in [4.69, 9.17) is 30.5 Å². The van der Waals surface area contributed by atoms with Gasteiger partial charge in [-0.1, -0.05) is 17.7 Å². The summed E-state index contributed by atoms with van der Waals surface area (Å²) in [5.74, 6) is 3.45. The van der Waals surface area contributed by atoms with Gasteiger partial charge in [0.1, 0.15) is 13.2 Å². The third kappa shape index (κ3) is 6.21. The van der Waals surface area contributed by atoms with Crippen molar-refractivity contribution in [1.29, 1.82) is 0 Å². The number of ether oxygens (including phenoxy) is 4. The highest BCUT2D eigenvalue weighted by Gasteiger charge is 2.16. The second-order valence-corrected chi connectivity index (χ2v) is 6.80. The molecule has 2 aromatic carbocycles. The lowest BCUT2D eigenvalue weighted by molar-refractivity contribution is 0.171. The number of nitrogens with zero attached hydrogens (tertiary/aromatic N) is 1. The summed E-state index contributed by atoms with van der Waals surface area (Å²) < 4.78 is 21.8. The van der Waals surface area contributed by atoms with Crippen LogP contribution >= 0.6 is 35.6 Å². The predicted molar refractivity (Wildman–Crippen MR) is 129 cm³/mol. The van der Waals surface area contributed by atoms with Crippen molar-refractivity contribution < 1.29 is 18.9 Å². The largest absolute Gasteiger partial charge is 0.493 e. The molecule has 0 aromatic heterocycles. The highest BCUT2D eigenvalue weighted by atomic mass is 127. The first kappa shape index (κ1) is 24.2. The smallest absolute Gasteiger partial charge is 0.191 e. The molecule has 2 N–H and O–H groups in total. The number of hydrogen-bond acceptors (Lipinski definition) is 5. The fourth-order valence-electron chi connectivity index (χ4n) is 3.03. The van der Waals surface area contributed by atoms with Gasteiger partial charge in [-0.05, 0) is 41.8 Å². The molecule has 0 aliphatic carbocycles. The van der Waals surface area contributed by atoms with Crippen LogP contribution in [0.3, 0.4) is 0 Å². The molecule has 0 atom stereocenters. The van der Waals surface area contributed by atoms with Gasteiger partial charge in [0.25, 0.3) is 0 Å². The predicted octanol–water partition coefficient (Wildman–Crippen LogP) is 3.65. The average Bonchev–Trinajstić information content (AvgIpc) is 2.75. The molecule has 1 aliphatic heterocycles. The van der Waals surface area contributed by atoms with Crippen LogP contribution in [0.1, 0.15) is 11.1 Å². The van der Waals surface area contributed by atoms with E-state index in [2.05, 4.69) is 15.6 Å². The van der Waals surface area contributed by atoms with Crippen molar-refractivity contribution in [1.82, 2.24) is 10.6 Å². The lowest BCUT2D eigenvalue weighted by atomic mass is 10.1. The summed E-state index contributed by atoms with van der Waals surface area (Å²) in [7, 11) is 4.99. The van der Waals surface area contributed by atoms with Gasteiger partial charge in [-0.3, -0.25) is 4.99 Å². The lowest BCUT2D eigenvalue weighted by Gasteiger charge is -2.20. The van der Waals surface area contributed by atoms with Crippen LogP contribution in [0.2, 0.25) is 5.02 Å². The van der Waals surface area contributed by atoms with E-state index in [9.17, 15) is 0 Å². The summed E-state index contributed by atoms with van der Waals surface area (Å²) in [5, 5.41) is 7.18. The van der Waals surface area contributed by atoms with Crippen molar-refractivity contribution in [2.45, 2.75) is 13.0 Å². The molecule has 0 spiro atoms. The Kier molecular flexibility index (Phi) is 9.64. The van der Waals surface area contributed by atoms with E-state index >= 15 is 0 Å². The Balaban J connectivity index is 0.00000320. The molecule has 0 saturated carbocycles. The van der Waals surface area contributed by atoms with Crippen LogP contribution in [0.5, 0.6) is 23.0 Å². The van der Waals surface area contributed by atoms with E-state index in [-0.39, 0.29) is 24.0 Å². The first-order chi connectivity index (χ1) is 14.1. The van der Waals surface area contributed by atoms with E-state index < -0.39 is 0 Å². The first-order valence-electron chi connectivity index (χ1n) is 9.38. The first-order valence-corrected chi connectivity index (χ1v) is 9.76. The summed E-state index contributed by atoms with van der Waals surface area (Å²) in [6, 6.07) is 9.70. The topological polar surface area (TPSA) is 73.3 Å². The third-order valence-electron chi connectivity index (χ3n) is 4.49. The standard InChI is InChI=1S/C21H26ClN3O4.HI/c1-23-21(25-13-15-4-5-17(26-2)18(12-15)27-3)24-7-6-14-10-16(22)20-19(11-14)28-8-9-29-20;/h4-5,10-12H,6-9,13H2,1-3H3,(H2,23,24,25);1H. The number of benzene rings is 2. The van der Waals surface area contributed by atoms with Crippen molar-refractivity contribution in [3.8, 4) is 23.0 Å². The number of guanidine groups is 1. The molecule has 1 aliphatic rings. The highest BCUT2D eigenvalue weighted by Crippen LogP contribution is 2.38. The summed E-state index contributed by atoms with van der Waals surface area (Å²) in [6.07, 6.45) is 0.771. The lowest BCUT2D eigenvalue weighted by Crippen LogP contribution is -2.37. The molecule has 9 heteroatoms. The molecule has 30 heavy (non-hydrogen) atoms. The van der Waals surface area contributed by atoms with Crippen molar-refractivity contribution in [2.24, 2.45) is 4.99 Å². The van der Waals surface area contributed by atoms with Gasteiger partial charge in [-0.15, -0.1) is 24.0 Å². The molecule has 164 valence electrons. The molecule has 0 saturated heterocycles. The van der Waals surface area contributed by atoms with Gasteiger partial charge in [0, 0.05) is 20.1 Å². The van der Waals surface area contributed by atoms with Crippen LogP contribution < -0.4 is 29.6 Å². The highest BCUT2D eigenvalue weighted by molar-refractivity contribution is 14.0. The van der Waals surface area contributed by atoms with Gasteiger partial charge in [0.2, 0.25) is 0 Å². The van der Waals surface area contributed by atoms with Gasteiger partial charge in [-0.2, -0.15) is 0 Å². The molecular weight excluding hydrogens is 521 g/mol. The minimum atomic E-state index is 0. The van der Waals surface area contributed by atoms with E-state index in [0.717, 1.165) is 17.5 Å². The van der Waals surface area contributed by atoms with Crippen molar-refractivity contribution in [2.75, 3.05) is 41.0 Å². The molecule has 0 amide bonds. The fourth-order valence-corrected chi connectivity index (χ4v) is 3.32. The Morgan fingerprint density at radius 1 is 1.03 bits per heavy atom. The van der Waals surface area contributed by atoms with Gasteiger partial charge in [0.15, 0.2) is 29.0 Å². The number of fused-ring (bicyclic) bond motifs is 1. The molecule has 2 aromatic rings. The fraction of sp³-hybridized carbons (Fsp3) is 0.381. The van der Waals surface area contributed by atoms with Crippen molar-refractivity contribution in [3.05, 3.63) is 46.5 Å². The number of methoxy groups -OCH3 is 2. The number of rotatable bonds is 7. The zero-order valence-electron chi connectivity index (χ0n) is 17.3. The zero-order valence-corrected chi connectivity index (χ0v) is 20.4. The van der Waals surface area contributed by atoms with Crippen LogP contribution in [0.25, 0.3) is 0 Å². The van der Waals surface area contributed by atoms with E-state index in [1.807, 2.05) is 30.3 Å². The Bertz CT molecular complexity index is 880. The van der Waals surface area contributed by atoms with Crippen LogP contribution in [0, 0.1) is 0 Å². The van der Waals surface area contributed by atoms with Crippen LogP contribution in [0.4, 0.5) is 0 Å². The molecule has 1 heterocycles. The molecule has 3 rings (SSSR count). The molecule has 0 fully saturated rings. The van der Waals surface area contributed by atoms with Crippen LogP contribution in [-0.4, -0.2) is 47.0 Å². The quantitative estimate of drug-likeness (QED) is 0.313. The maximum atomic E-state index is 6.30. The maximum Gasteiger partial charge on any atom is 0.191 e. The van der Waals surface area contributed by atoms with Gasteiger partial charge < -0.3 is 29.6 Å². The summed E-state index contributed by atoms with van der Waals surface area (Å²) in [4.78, 5) is 4.27. The number of halogens is 2. The minimum absolute atomic E-state index is 0. The number of hydrogen-bond donors (Lipinski definition) is 2. The monoisotopic (exact) mass is 547 g/mol. The van der Waals surface area contributed by atoms with Crippen LogP contribution in [-0.2, 0) is 13.0 Å². The summed E-state index contributed by atoms with van der Waals surface area (Å²) in [5.41, 5.74) is 2.13. The Morgan fingerprint density at radius 2 is 1.80 bits per heavy atom. The Labute approximate surface area is 199 Å². The second-order valence-electron chi connectivity index (χ2n) is 6.39. The maximum absolute atomic E-state index is 6.30. The second kappa shape index (κ2) is 11.9. The van der Waals surface area contributed by atoms with Gasteiger partial charge >= 0.3 is 0 Å². The Hall–Kier alpha value is -2.07. The number of nitrogens with one attached hydrogen (secondary N) is 2. The van der Waals surface area contributed by atoms with Crippen LogP contribution in [0.15, 0.2) is 35.3 Å². The van der Waals surface area contributed by atoms with Gasteiger partial charge in [0.05, 0.1) is 19.2 Å². The Morgan fingerprint density at radius 3 is 2.53 bits per heavy atom. The normalized spacial score (nSPS) is 12.6. The zero-order chi connectivity index (χ0) is 20.6. The van der Waals surface area contributed by atoms with E-state index in [1.165, 1.54) is 0 Å². The molecular formula is C21H27ClIN3O4.